The second kappa shape index (κ2) is 4.74. The minimum Gasteiger partial charge on any atom is -0.324 e. The zero-order valence-electron chi connectivity index (χ0n) is 11.7. The largest absolute Gasteiger partial charge is 0.324 e. The Morgan fingerprint density at radius 2 is 1.95 bits per heavy atom. The van der Waals surface area contributed by atoms with E-state index < -0.39 is 0 Å². The molecule has 0 unspecified atom stereocenters. The van der Waals surface area contributed by atoms with Gasteiger partial charge in [-0.25, -0.2) is 4.39 Å². The highest BCUT2D eigenvalue weighted by Crippen LogP contribution is 2.28. The molecule has 2 rings (SSSR count). The first-order valence-electron chi connectivity index (χ1n) is 6.26. The Bertz CT molecular complexity index is 596. The zero-order chi connectivity index (χ0) is 14.2. The molecule has 0 atom stereocenters. The first-order valence-corrected chi connectivity index (χ1v) is 6.26. The molecule has 1 heterocycles. The molecule has 0 radical (unpaired) electrons. The van der Waals surface area contributed by atoms with Gasteiger partial charge in [-0.15, -0.1) is 10.2 Å². The predicted molar refractivity (Wildman–Crippen MR) is 73.0 cm³/mol. The van der Waals surface area contributed by atoms with Crippen molar-refractivity contribution in [3.8, 4) is 11.4 Å². The van der Waals surface area contributed by atoms with E-state index >= 15 is 0 Å². The van der Waals surface area contributed by atoms with Crippen LogP contribution in [0.1, 0.15) is 32.2 Å². The summed E-state index contributed by atoms with van der Waals surface area (Å²) in [7, 11) is 0. The van der Waals surface area contributed by atoms with Gasteiger partial charge < -0.3 is 10.3 Å². The van der Waals surface area contributed by atoms with Crippen LogP contribution in [0.15, 0.2) is 18.2 Å². The summed E-state index contributed by atoms with van der Waals surface area (Å²) in [5, 5.41) is 8.36. The van der Waals surface area contributed by atoms with E-state index in [2.05, 4.69) is 31.0 Å². The number of aryl methyl sites for hydroxylation is 1. The van der Waals surface area contributed by atoms with Gasteiger partial charge in [0.2, 0.25) is 0 Å². The van der Waals surface area contributed by atoms with E-state index in [1.807, 2.05) is 11.5 Å². The predicted octanol–water partition coefficient (Wildman–Crippen LogP) is 2.61. The summed E-state index contributed by atoms with van der Waals surface area (Å²) in [5.41, 5.74) is 7.24. The lowest BCUT2D eigenvalue weighted by atomic mass is 10.0. The quantitative estimate of drug-likeness (QED) is 0.905. The summed E-state index contributed by atoms with van der Waals surface area (Å²) in [6, 6.07) is 4.67. The fourth-order valence-electron chi connectivity index (χ4n) is 2.21. The first-order chi connectivity index (χ1) is 8.84. The molecule has 0 fully saturated rings. The lowest BCUT2D eigenvalue weighted by Gasteiger charge is -2.25. The highest BCUT2D eigenvalue weighted by atomic mass is 19.1. The molecular weight excluding hydrogens is 243 g/mol. The highest BCUT2D eigenvalue weighted by molar-refractivity contribution is 5.60. The van der Waals surface area contributed by atoms with E-state index in [0.29, 0.717) is 6.54 Å². The Kier molecular flexibility index (Phi) is 3.41. The number of halogens is 1. The van der Waals surface area contributed by atoms with Crippen molar-refractivity contribution in [2.45, 2.75) is 39.8 Å². The molecule has 0 saturated carbocycles. The molecule has 1 aromatic heterocycles. The van der Waals surface area contributed by atoms with Crippen LogP contribution < -0.4 is 5.73 Å². The minimum atomic E-state index is -0.248. The molecule has 19 heavy (non-hydrogen) atoms. The van der Waals surface area contributed by atoms with Crippen LogP contribution in [0.25, 0.3) is 11.4 Å². The van der Waals surface area contributed by atoms with Crippen molar-refractivity contribution in [2.24, 2.45) is 5.73 Å². The van der Waals surface area contributed by atoms with Crippen molar-refractivity contribution < 1.29 is 4.39 Å². The molecule has 0 aliphatic heterocycles. The second-order valence-electron chi connectivity index (χ2n) is 5.61. The third-order valence-electron chi connectivity index (χ3n) is 3.01. The van der Waals surface area contributed by atoms with Gasteiger partial charge in [-0.3, -0.25) is 0 Å². The fraction of sp³-hybridized carbons (Fsp3) is 0.429. The molecule has 2 aromatic rings. The zero-order valence-corrected chi connectivity index (χ0v) is 11.7. The van der Waals surface area contributed by atoms with Crippen LogP contribution in [0.4, 0.5) is 4.39 Å². The minimum absolute atomic E-state index is 0.186. The van der Waals surface area contributed by atoms with Gasteiger partial charge in [-0.05, 0) is 51.5 Å². The molecular formula is C14H19FN4. The highest BCUT2D eigenvalue weighted by Gasteiger charge is 2.23. The normalized spacial score (nSPS) is 11.9. The molecule has 102 valence electrons. The van der Waals surface area contributed by atoms with Crippen LogP contribution in [-0.4, -0.2) is 14.8 Å². The van der Waals surface area contributed by atoms with Crippen LogP contribution in [0, 0.1) is 12.7 Å². The number of hydrogen-bond donors (Lipinski definition) is 1. The lowest BCUT2D eigenvalue weighted by molar-refractivity contribution is 0.386. The summed E-state index contributed by atoms with van der Waals surface area (Å²) in [5.74, 6) is 1.21. The Hall–Kier alpha value is -1.75. The number of nitrogens with zero attached hydrogens (tertiary/aromatic N) is 3. The molecule has 2 N–H and O–H groups in total. The van der Waals surface area contributed by atoms with Gasteiger partial charge in [-0.1, -0.05) is 0 Å². The maximum Gasteiger partial charge on any atom is 0.164 e. The molecule has 0 saturated heterocycles. The van der Waals surface area contributed by atoms with E-state index in [0.717, 1.165) is 22.8 Å². The summed E-state index contributed by atoms with van der Waals surface area (Å²) < 4.78 is 15.2. The summed E-state index contributed by atoms with van der Waals surface area (Å²) in [6.45, 7) is 8.39. The van der Waals surface area contributed by atoms with Crippen molar-refractivity contribution in [3.63, 3.8) is 0 Å². The SMILES string of the molecule is Cc1cc(F)ccc1-c1nnc(CN)n1C(C)(C)C. The molecule has 1 aromatic carbocycles. The Balaban J connectivity index is 2.66. The third-order valence-corrected chi connectivity index (χ3v) is 3.01. The first kappa shape index (κ1) is 13.7. The lowest BCUT2D eigenvalue weighted by Crippen LogP contribution is -2.26. The molecule has 0 bridgehead atoms. The molecule has 0 aliphatic rings. The van der Waals surface area contributed by atoms with Gasteiger partial charge in [0, 0.05) is 11.1 Å². The number of hydrogen-bond acceptors (Lipinski definition) is 3. The summed E-state index contributed by atoms with van der Waals surface area (Å²) >= 11 is 0. The van der Waals surface area contributed by atoms with Crippen LogP contribution in [0.3, 0.4) is 0 Å². The standard InChI is InChI=1S/C14H19FN4/c1-9-7-10(15)5-6-11(9)13-18-17-12(8-16)19(13)14(2,3)4/h5-7H,8,16H2,1-4H3. The van der Waals surface area contributed by atoms with E-state index in [4.69, 9.17) is 5.73 Å². The van der Waals surface area contributed by atoms with Gasteiger partial charge in [0.25, 0.3) is 0 Å². The van der Waals surface area contributed by atoms with E-state index in [-0.39, 0.29) is 11.4 Å². The van der Waals surface area contributed by atoms with Gasteiger partial charge in [-0.2, -0.15) is 0 Å². The van der Waals surface area contributed by atoms with Crippen molar-refractivity contribution in [1.82, 2.24) is 14.8 Å². The smallest absolute Gasteiger partial charge is 0.164 e. The molecule has 0 spiro atoms. The van der Waals surface area contributed by atoms with Gasteiger partial charge in [0.1, 0.15) is 11.6 Å². The fourth-order valence-corrected chi connectivity index (χ4v) is 2.21. The van der Waals surface area contributed by atoms with Crippen LogP contribution in [0.2, 0.25) is 0 Å². The number of aromatic nitrogens is 3. The monoisotopic (exact) mass is 262 g/mol. The summed E-state index contributed by atoms with van der Waals surface area (Å²) in [4.78, 5) is 0. The average Bonchev–Trinajstić information content (AvgIpc) is 2.72. The van der Waals surface area contributed by atoms with Gasteiger partial charge in [0.15, 0.2) is 5.82 Å². The van der Waals surface area contributed by atoms with Crippen LogP contribution in [-0.2, 0) is 12.1 Å². The van der Waals surface area contributed by atoms with Crippen molar-refractivity contribution in [3.05, 3.63) is 35.4 Å². The van der Waals surface area contributed by atoms with E-state index in [1.165, 1.54) is 12.1 Å². The van der Waals surface area contributed by atoms with Crippen LogP contribution >= 0.6 is 0 Å². The topological polar surface area (TPSA) is 56.7 Å². The van der Waals surface area contributed by atoms with Crippen molar-refractivity contribution in [2.75, 3.05) is 0 Å². The number of benzene rings is 1. The van der Waals surface area contributed by atoms with E-state index in [1.54, 1.807) is 6.07 Å². The van der Waals surface area contributed by atoms with Gasteiger partial charge >= 0.3 is 0 Å². The number of nitrogens with two attached hydrogens (primary N) is 1. The molecule has 0 amide bonds. The second-order valence-corrected chi connectivity index (χ2v) is 5.61. The van der Waals surface area contributed by atoms with E-state index in [9.17, 15) is 4.39 Å². The van der Waals surface area contributed by atoms with Crippen LogP contribution in [0.5, 0.6) is 0 Å². The van der Waals surface area contributed by atoms with Crippen molar-refractivity contribution in [1.29, 1.82) is 0 Å². The number of rotatable bonds is 2. The maximum absolute atomic E-state index is 13.2. The molecule has 0 aliphatic carbocycles. The molecule has 5 heteroatoms. The maximum atomic E-state index is 13.2. The third kappa shape index (κ3) is 2.51. The Labute approximate surface area is 112 Å². The van der Waals surface area contributed by atoms with Crippen molar-refractivity contribution >= 4 is 0 Å². The Morgan fingerprint density at radius 3 is 2.47 bits per heavy atom. The summed E-state index contributed by atoms with van der Waals surface area (Å²) in [6.07, 6.45) is 0. The molecule has 4 nitrogen and oxygen atoms in total. The Morgan fingerprint density at radius 1 is 1.26 bits per heavy atom. The average molecular weight is 262 g/mol. The van der Waals surface area contributed by atoms with Gasteiger partial charge in [0.05, 0.1) is 6.54 Å².